The van der Waals surface area contributed by atoms with Crippen molar-refractivity contribution in [2.24, 2.45) is 0 Å². The maximum atomic E-state index is 12.0. The quantitative estimate of drug-likeness (QED) is 0.424. The van der Waals surface area contributed by atoms with Gasteiger partial charge in [-0.25, -0.2) is 4.79 Å². The first-order valence-corrected chi connectivity index (χ1v) is 10.0. The molecule has 1 N–H and O–H groups in total. The number of carbonyl (C=O) groups excluding carboxylic acids is 1. The number of hydrogen-bond acceptors (Lipinski definition) is 5. The van der Waals surface area contributed by atoms with Crippen molar-refractivity contribution in [2.45, 2.75) is 39.0 Å². The Labute approximate surface area is 177 Å². The molecule has 0 atom stereocenters. The zero-order chi connectivity index (χ0) is 22.1. The van der Waals surface area contributed by atoms with Crippen LogP contribution < -0.4 is 4.74 Å². The van der Waals surface area contributed by atoms with Crippen LogP contribution in [0.3, 0.4) is 0 Å². The summed E-state index contributed by atoms with van der Waals surface area (Å²) in [6.45, 7) is 7.21. The maximum Gasteiger partial charge on any atom is 0.335 e. The van der Waals surface area contributed by atoms with Crippen LogP contribution in [0.1, 0.15) is 49.5 Å². The normalized spacial score (nSPS) is 11.2. The molecular formula is C24H30O6. The van der Waals surface area contributed by atoms with Crippen LogP contribution in [0, 0.1) is 0 Å². The topological polar surface area (TPSA) is 82.1 Å². The average Bonchev–Trinajstić information content (AvgIpc) is 2.71. The Kier molecular flexibility index (Phi) is 8.42. The molecule has 6 nitrogen and oxygen atoms in total. The zero-order valence-electron chi connectivity index (χ0n) is 18.1. The fourth-order valence-electron chi connectivity index (χ4n) is 3.15. The van der Waals surface area contributed by atoms with E-state index in [4.69, 9.17) is 19.3 Å². The van der Waals surface area contributed by atoms with E-state index in [-0.39, 0.29) is 18.0 Å². The van der Waals surface area contributed by atoms with Crippen molar-refractivity contribution in [1.29, 1.82) is 0 Å². The van der Waals surface area contributed by atoms with Crippen molar-refractivity contribution in [1.82, 2.24) is 0 Å². The SMILES string of the molecule is CCOC(=O)CC(C)(C)c1ccc(-c2ccc(C(=O)O)cc2)c(OCCCOC)c1. The van der Waals surface area contributed by atoms with Crippen LogP contribution in [-0.4, -0.2) is 44.0 Å². The molecule has 0 fully saturated rings. The Morgan fingerprint density at radius 2 is 1.73 bits per heavy atom. The zero-order valence-corrected chi connectivity index (χ0v) is 18.1. The summed E-state index contributed by atoms with van der Waals surface area (Å²) in [7, 11) is 1.65. The average molecular weight is 414 g/mol. The van der Waals surface area contributed by atoms with E-state index in [9.17, 15) is 9.59 Å². The van der Waals surface area contributed by atoms with Gasteiger partial charge >= 0.3 is 11.9 Å². The van der Waals surface area contributed by atoms with Crippen LogP contribution in [-0.2, 0) is 19.7 Å². The summed E-state index contributed by atoms with van der Waals surface area (Å²) >= 11 is 0. The van der Waals surface area contributed by atoms with E-state index >= 15 is 0 Å². The largest absolute Gasteiger partial charge is 0.493 e. The maximum absolute atomic E-state index is 12.0. The first kappa shape index (κ1) is 23.4. The Balaban J connectivity index is 2.36. The van der Waals surface area contributed by atoms with Crippen LogP contribution in [0.2, 0.25) is 0 Å². The van der Waals surface area contributed by atoms with Crippen molar-refractivity contribution in [3.8, 4) is 16.9 Å². The third-order valence-corrected chi connectivity index (χ3v) is 4.85. The highest BCUT2D eigenvalue weighted by molar-refractivity contribution is 5.88. The smallest absolute Gasteiger partial charge is 0.335 e. The summed E-state index contributed by atoms with van der Waals surface area (Å²) in [5.74, 6) is -0.518. The second-order valence-electron chi connectivity index (χ2n) is 7.65. The lowest BCUT2D eigenvalue weighted by Gasteiger charge is -2.25. The molecule has 0 radical (unpaired) electrons. The summed E-state index contributed by atoms with van der Waals surface area (Å²) in [5, 5.41) is 9.13. The van der Waals surface area contributed by atoms with E-state index in [2.05, 4.69) is 0 Å². The number of esters is 1. The molecule has 0 aliphatic rings. The van der Waals surface area contributed by atoms with Crippen LogP contribution in [0.5, 0.6) is 5.75 Å². The lowest BCUT2D eigenvalue weighted by molar-refractivity contribution is -0.144. The van der Waals surface area contributed by atoms with Gasteiger partial charge in [0.1, 0.15) is 5.75 Å². The number of benzene rings is 2. The lowest BCUT2D eigenvalue weighted by atomic mass is 9.81. The van der Waals surface area contributed by atoms with E-state index in [0.717, 1.165) is 23.1 Å². The van der Waals surface area contributed by atoms with Crippen molar-refractivity contribution in [3.63, 3.8) is 0 Å². The third-order valence-electron chi connectivity index (χ3n) is 4.85. The minimum Gasteiger partial charge on any atom is -0.493 e. The van der Waals surface area contributed by atoms with Crippen LogP contribution in [0.4, 0.5) is 0 Å². The summed E-state index contributed by atoms with van der Waals surface area (Å²) in [6.07, 6.45) is 1.00. The van der Waals surface area contributed by atoms with Crippen molar-refractivity contribution >= 4 is 11.9 Å². The van der Waals surface area contributed by atoms with Gasteiger partial charge in [0.15, 0.2) is 0 Å². The molecule has 162 valence electrons. The molecule has 6 heteroatoms. The monoisotopic (exact) mass is 414 g/mol. The van der Waals surface area contributed by atoms with Crippen LogP contribution >= 0.6 is 0 Å². The Morgan fingerprint density at radius 3 is 2.33 bits per heavy atom. The molecule has 0 saturated heterocycles. The van der Waals surface area contributed by atoms with E-state index in [1.54, 1.807) is 38.3 Å². The van der Waals surface area contributed by atoms with Gasteiger partial charge in [-0.3, -0.25) is 4.79 Å². The van der Waals surface area contributed by atoms with Gasteiger partial charge in [0.25, 0.3) is 0 Å². The molecule has 0 unspecified atom stereocenters. The first-order chi connectivity index (χ1) is 14.3. The van der Waals surface area contributed by atoms with E-state index < -0.39 is 11.4 Å². The van der Waals surface area contributed by atoms with Gasteiger partial charge in [0.05, 0.1) is 25.2 Å². The minimum absolute atomic E-state index is 0.230. The fourth-order valence-corrected chi connectivity index (χ4v) is 3.15. The second kappa shape index (κ2) is 10.8. The predicted molar refractivity (Wildman–Crippen MR) is 115 cm³/mol. The summed E-state index contributed by atoms with van der Waals surface area (Å²) in [5.41, 5.74) is 2.48. The van der Waals surface area contributed by atoms with Gasteiger partial charge in [-0.15, -0.1) is 0 Å². The van der Waals surface area contributed by atoms with Gasteiger partial charge in [0.2, 0.25) is 0 Å². The van der Waals surface area contributed by atoms with Crippen molar-refractivity contribution < 1.29 is 28.9 Å². The molecule has 30 heavy (non-hydrogen) atoms. The molecule has 0 aromatic heterocycles. The first-order valence-electron chi connectivity index (χ1n) is 10.0. The Bertz CT molecular complexity index is 854. The number of ether oxygens (including phenoxy) is 3. The summed E-state index contributed by atoms with van der Waals surface area (Å²) < 4.78 is 16.2. The van der Waals surface area contributed by atoms with Crippen molar-refractivity contribution in [2.75, 3.05) is 26.9 Å². The molecule has 2 aromatic rings. The van der Waals surface area contributed by atoms with Crippen LogP contribution in [0.25, 0.3) is 11.1 Å². The van der Waals surface area contributed by atoms with Crippen molar-refractivity contribution in [3.05, 3.63) is 53.6 Å². The van der Waals surface area contributed by atoms with Crippen LogP contribution in [0.15, 0.2) is 42.5 Å². The number of rotatable bonds is 11. The molecule has 2 rings (SSSR count). The molecule has 0 spiro atoms. The standard InChI is InChI=1S/C24H30O6/c1-5-29-22(25)16-24(2,3)19-11-12-20(21(15-19)30-14-6-13-28-4)17-7-9-18(10-8-17)23(26)27/h7-12,15H,5-6,13-14,16H2,1-4H3,(H,26,27). The molecule has 0 heterocycles. The number of hydrogen-bond donors (Lipinski definition) is 1. The van der Waals surface area contributed by atoms with Gasteiger partial charge in [-0.2, -0.15) is 0 Å². The molecular weight excluding hydrogens is 384 g/mol. The van der Waals surface area contributed by atoms with Gasteiger partial charge < -0.3 is 19.3 Å². The second-order valence-corrected chi connectivity index (χ2v) is 7.65. The van der Waals surface area contributed by atoms with Gasteiger partial charge in [-0.1, -0.05) is 38.1 Å². The highest BCUT2D eigenvalue weighted by Crippen LogP contribution is 2.36. The number of aromatic carboxylic acids is 1. The van der Waals surface area contributed by atoms with E-state index in [0.29, 0.717) is 25.6 Å². The molecule has 0 amide bonds. The molecule has 2 aromatic carbocycles. The molecule has 0 aliphatic heterocycles. The number of methoxy groups -OCH3 is 1. The highest BCUT2D eigenvalue weighted by Gasteiger charge is 2.26. The third kappa shape index (κ3) is 6.32. The Hall–Kier alpha value is -2.86. The molecule has 0 saturated carbocycles. The summed E-state index contributed by atoms with van der Waals surface area (Å²) in [4.78, 5) is 23.2. The number of carbonyl (C=O) groups is 2. The van der Waals surface area contributed by atoms with E-state index in [1.807, 2.05) is 32.0 Å². The Morgan fingerprint density at radius 1 is 1.03 bits per heavy atom. The molecule has 0 aliphatic carbocycles. The predicted octanol–water partition coefficient (Wildman–Crippen LogP) is 4.70. The van der Waals surface area contributed by atoms with Gasteiger partial charge in [0, 0.05) is 31.1 Å². The number of carboxylic acids is 1. The fraction of sp³-hybridized carbons (Fsp3) is 0.417. The van der Waals surface area contributed by atoms with Gasteiger partial charge in [-0.05, 0) is 36.2 Å². The van der Waals surface area contributed by atoms with E-state index in [1.165, 1.54) is 0 Å². The number of carboxylic acid groups (broad SMARTS) is 1. The highest BCUT2D eigenvalue weighted by atomic mass is 16.5. The molecule has 0 bridgehead atoms. The minimum atomic E-state index is -0.964. The summed E-state index contributed by atoms with van der Waals surface area (Å²) in [6, 6.07) is 12.6. The lowest BCUT2D eigenvalue weighted by Crippen LogP contribution is -2.23.